The van der Waals surface area contributed by atoms with Crippen molar-refractivity contribution in [3.8, 4) is 11.3 Å². The molecule has 0 atom stereocenters. The fraction of sp³-hybridized carbons (Fsp3) is 0.214. The van der Waals surface area contributed by atoms with E-state index in [1.807, 2.05) is 24.3 Å². The van der Waals surface area contributed by atoms with E-state index in [1.54, 1.807) is 0 Å². The SMILES string of the molecule is CC(C)c1ccc(-c2cc(C(=O)O)nc(Cl)n2)cc1. The lowest BCUT2D eigenvalue weighted by Gasteiger charge is -2.07. The summed E-state index contributed by atoms with van der Waals surface area (Å²) < 4.78 is 0. The average Bonchev–Trinajstić information content (AvgIpc) is 2.38. The van der Waals surface area contributed by atoms with Gasteiger partial charge in [0.15, 0.2) is 5.69 Å². The van der Waals surface area contributed by atoms with Crippen molar-refractivity contribution < 1.29 is 9.90 Å². The van der Waals surface area contributed by atoms with Gasteiger partial charge in [-0.2, -0.15) is 0 Å². The van der Waals surface area contributed by atoms with Crippen LogP contribution in [-0.4, -0.2) is 21.0 Å². The molecule has 0 aliphatic rings. The third kappa shape index (κ3) is 3.09. The summed E-state index contributed by atoms with van der Waals surface area (Å²) >= 11 is 5.74. The summed E-state index contributed by atoms with van der Waals surface area (Å²) in [6, 6.07) is 9.21. The van der Waals surface area contributed by atoms with Gasteiger partial charge in [-0.05, 0) is 29.1 Å². The van der Waals surface area contributed by atoms with Gasteiger partial charge < -0.3 is 5.11 Å². The molecule has 1 N–H and O–H groups in total. The highest BCUT2D eigenvalue weighted by atomic mass is 35.5. The molecule has 4 nitrogen and oxygen atoms in total. The normalized spacial score (nSPS) is 10.7. The molecule has 0 aliphatic heterocycles. The van der Waals surface area contributed by atoms with E-state index in [0.717, 1.165) is 5.56 Å². The van der Waals surface area contributed by atoms with Gasteiger partial charge in [-0.25, -0.2) is 14.8 Å². The van der Waals surface area contributed by atoms with E-state index in [9.17, 15) is 4.79 Å². The first kappa shape index (κ1) is 13.5. The number of carboxylic acids is 1. The molecule has 0 radical (unpaired) electrons. The second kappa shape index (κ2) is 5.36. The number of aromatic nitrogens is 2. The molecule has 0 bridgehead atoms. The van der Waals surface area contributed by atoms with Gasteiger partial charge in [0.05, 0.1) is 5.69 Å². The Kier molecular flexibility index (Phi) is 3.81. The Balaban J connectivity index is 2.43. The summed E-state index contributed by atoms with van der Waals surface area (Å²) in [4.78, 5) is 18.6. The summed E-state index contributed by atoms with van der Waals surface area (Å²) in [5.74, 6) is -0.679. The van der Waals surface area contributed by atoms with Gasteiger partial charge in [-0.1, -0.05) is 38.1 Å². The zero-order valence-corrected chi connectivity index (χ0v) is 11.3. The van der Waals surface area contributed by atoms with Crippen LogP contribution < -0.4 is 0 Å². The Morgan fingerprint density at radius 2 is 1.84 bits per heavy atom. The van der Waals surface area contributed by atoms with E-state index in [4.69, 9.17) is 16.7 Å². The lowest BCUT2D eigenvalue weighted by atomic mass is 10.0. The van der Waals surface area contributed by atoms with Crippen molar-refractivity contribution in [1.29, 1.82) is 0 Å². The van der Waals surface area contributed by atoms with Crippen LogP contribution in [0.5, 0.6) is 0 Å². The standard InChI is InChI=1S/C14H13ClN2O2/c1-8(2)9-3-5-10(6-4-9)11-7-12(13(18)19)17-14(15)16-11/h3-8H,1-2H3,(H,18,19). The highest BCUT2D eigenvalue weighted by molar-refractivity contribution is 6.28. The number of halogens is 1. The highest BCUT2D eigenvalue weighted by Gasteiger charge is 2.11. The second-order valence-corrected chi connectivity index (χ2v) is 4.83. The van der Waals surface area contributed by atoms with Crippen molar-refractivity contribution in [2.24, 2.45) is 0 Å². The van der Waals surface area contributed by atoms with Crippen molar-refractivity contribution in [2.75, 3.05) is 0 Å². The summed E-state index contributed by atoms with van der Waals surface area (Å²) in [7, 11) is 0. The van der Waals surface area contributed by atoms with Crippen molar-refractivity contribution in [3.63, 3.8) is 0 Å². The molecule has 98 valence electrons. The Morgan fingerprint density at radius 1 is 1.21 bits per heavy atom. The maximum Gasteiger partial charge on any atom is 0.354 e. The Bertz CT molecular complexity index is 609. The Labute approximate surface area is 116 Å². The van der Waals surface area contributed by atoms with Crippen molar-refractivity contribution >= 4 is 17.6 Å². The lowest BCUT2D eigenvalue weighted by Crippen LogP contribution is -2.02. The van der Waals surface area contributed by atoms with Gasteiger partial charge in [0.2, 0.25) is 5.28 Å². The van der Waals surface area contributed by atoms with Gasteiger partial charge >= 0.3 is 5.97 Å². The van der Waals surface area contributed by atoms with Crippen molar-refractivity contribution in [2.45, 2.75) is 19.8 Å². The van der Waals surface area contributed by atoms with Crippen molar-refractivity contribution in [3.05, 3.63) is 46.9 Å². The van der Waals surface area contributed by atoms with Crippen LogP contribution in [0.4, 0.5) is 0 Å². The molecule has 0 fully saturated rings. The number of nitrogens with zero attached hydrogens (tertiary/aromatic N) is 2. The van der Waals surface area contributed by atoms with Crippen LogP contribution in [-0.2, 0) is 0 Å². The first-order chi connectivity index (χ1) is 8.97. The van der Waals surface area contributed by atoms with Crippen LogP contribution in [0.15, 0.2) is 30.3 Å². The van der Waals surface area contributed by atoms with E-state index in [-0.39, 0.29) is 11.0 Å². The van der Waals surface area contributed by atoms with Crippen LogP contribution in [0.25, 0.3) is 11.3 Å². The topological polar surface area (TPSA) is 63.1 Å². The molecular formula is C14H13ClN2O2. The molecule has 1 aromatic heterocycles. The molecule has 0 amide bonds. The minimum Gasteiger partial charge on any atom is -0.477 e. The maximum absolute atomic E-state index is 10.9. The zero-order valence-electron chi connectivity index (χ0n) is 10.6. The average molecular weight is 277 g/mol. The molecule has 0 unspecified atom stereocenters. The molecule has 1 aromatic carbocycles. The Morgan fingerprint density at radius 3 is 2.37 bits per heavy atom. The van der Waals surface area contributed by atoms with Gasteiger partial charge in [-0.15, -0.1) is 0 Å². The molecule has 5 heteroatoms. The first-order valence-corrected chi connectivity index (χ1v) is 6.23. The van der Waals surface area contributed by atoms with Crippen LogP contribution in [0.2, 0.25) is 5.28 Å². The zero-order chi connectivity index (χ0) is 14.0. The summed E-state index contributed by atoms with van der Waals surface area (Å²) in [6.45, 7) is 4.22. The lowest BCUT2D eigenvalue weighted by molar-refractivity contribution is 0.0690. The molecular weight excluding hydrogens is 264 g/mol. The molecule has 2 rings (SSSR count). The number of hydrogen-bond donors (Lipinski definition) is 1. The summed E-state index contributed by atoms with van der Waals surface area (Å²) in [6.07, 6.45) is 0. The van der Waals surface area contributed by atoms with Crippen LogP contribution >= 0.6 is 11.6 Å². The number of carboxylic acid groups (broad SMARTS) is 1. The highest BCUT2D eigenvalue weighted by Crippen LogP contribution is 2.22. The minimum absolute atomic E-state index is 0.0668. The molecule has 0 saturated heterocycles. The molecule has 0 spiro atoms. The summed E-state index contributed by atoms with van der Waals surface area (Å²) in [5.41, 5.74) is 2.43. The Hall–Kier alpha value is -1.94. The third-order valence-electron chi connectivity index (χ3n) is 2.79. The molecule has 1 heterocycles. The van der Waals surface area contributed by atoms with E-state index in [1.165, 1.54) is 11.6 Å². The van der Waals surface area contributed by atoms with Crippen LogP contribution in [0, 0.1) is 0 Å². The predicted octanol–water partition coefficient (Wildman–Crippen LogP) is 3.62. The number of carbonyl (C=O) groups is 1. The smallest absolute Gasteiger partial charge is 0.354 e. The number of hydrogen-bond acceptors (Lipinski definition) is 3. The van der Waals surface area contributed by atoms with Gasteiger partial charge in [0.25, 0.3) is 0 Å². The monoisotopic (exact) mass is 276 g/mol. The minimum atomic E-state index is -1.12. The molecule has 0 aliphatic carbocycles. The maximum atomic E-state index is 10.9. The van der Waals surface area contributed by atoms with E-state index in [0.29, 0.717) is 11.6 Å². The van der Waals surface area contributed by atoms with Crippen molar-refractivity contribution in [1.82, 2.24) is 9.97 Å². The van der Waals surface area contributed by atoms with Gasteiger partial charge in [0.1, 0.15) is 0 Å². The fourth-order valence-corrected chi connectivity index (χ4v) is 1.90. The van der Waals surface area contributed by atoms with E-state index in [2.05, 4.69) is 23.8 Å². The van der Waals surface area contributed by atoms with Gasteiger partial charge in [0, 0.05) is 5.56 Å². The third-order valence-corrected chi connectivity index (χ3v) is 2.96. The number of rotatable bonds is 3. The van der Waals surface area contributed by atoms with Crippen LogP contribution in [0.3, 0.4) is 0 Å². The second-order valence-electron chi connectivity index (χ2n) is 4.49. The van der Waals surface area contributed by atoms with Gasteiger partial charge in [-0.3, -0.25) is 0 Å². The largest absolute Gasteiger partial charge is 0.477 e. The molecule has 0 saturated carbocycles. The summed E-state index contributed by atoms with van der Waals surface area (Å²) in [5, 5.41) is 8.88. The number of aromatic carboxylic acids is 1. The predicted molar refractivity (Wildman–Crippen MR) is 73.5 cm³/mol. The number of benzene rings is 1. The molecule has 19 heavy (non-hydrogen) atoms. The first-order valence-electron chi connectivity index (χ1n) is 5.85. The fourth-order valence-electron chi connectivity index (χ4n) is 1.71. The van der Waals surface area contributed by atoms with E-state index < -0.39 is 5.97 Å². The quantitative estimate of drug-likeness (QED) is 0.870. The van der Waals surface area contributed by atoms with E-state index >= 15 is 0 Å². The molecule has 2 aromatic rings. The van der Waals surface area contributed by atoms with Crippen LogP contribution in [0.1, 0.15) is 35.8 Å².